The molecule has 3 rings (SSSR count). The number of hydrogen-bond donors (Lipinski definition) is 0. The Hall–Kier alpha value is -2.62. The van der Waals surface area contributed by atoms with Crippen LogP contribution in [-0.2, 0) is 0 Å². The number of aromatic nitrogens is 2. The molecule has 2 aromatic carbocycles. The Morgan fingerprint density at radius 1 is 1.00 bits per heavy atom. The van der Waals surface area contributed by atoms with E-state index < -0.39 is 0 Å². The van der Waals surface area contributed by atoms with Gasteiger partial charge in [-0.25, -0.2) is 0 Å². The van der Waals surface area contributed by atoms with E-state index in [0.29, 0.717) is 11.7 Å². The lowest BCUT2D eigenvalue weighted by Crippen LogP contribution is -1.85. The Morgan fingerprint density at radius 3 is 2.55 bits per heavy atom. The van der Waals surface area contributed by atoms with Gasteiger partial charge in [-0.2, -0.15) is 4.98 Å². The molecule has 0 saturated heterocycles. The van der Waals surface area contributed by atoms with Gasteiger partial charge in [-0.1, -0.05) is 35.0 Å². The molecule has 0 N–H and O–H groups in total. The zero-order valence-electron chi connectivity index (χ0n) is 11.3. The molecule has 3 aromatic rings. The predicted octanol–water partition coefficient (Wildman–Crippen LogP) is 3.72. The molecular weight excluding hydrogens is 252 g/mol. The molecule has 0 spiro atoms. The fourth-order valence-corrected chi connectivity index (χ4v) is 1.92. The van der Waals surface area contributed by atoms with Crippen LogP contribution in [0.5, 0.6) is 5.75 Å². The molecule has 0 aliphatic rings. The van der Waals surface area contributed by atoms with Crippen LogP contribution in [0.2, 0.25) is 0 Å². The van der Waals surface area contributed by atoms with Crippen LogP contribution in [0.25, 0.3) is 22.8 Å². The van der Waals surface area contributed by atoms with Crippen LogP contribution >= 0.6 is 0 Å². The second-order valence-electron chi connectivity index (χ2n) is 4.52. The largest absolute Gasteiger partial charge is 0.497 e. The monoisotopic (exact) mass is 266 g/mol. The maximum atomic E-state index is 5.32. The van der Waals surface area contributed by atoms with Crippen LogP contribution < -0.4 is 4.74 Å². The zero-order chi connectivity index (χ0) is 13.9. The van der Waals surface area contributed by atoms with Gasteiger partial charge < -0.3 is 9.26 Å². The van der Waals surface area contributed by atoms with Crippen LogP contribution in [0.15, 0.2) is 53.1 Å². The third kappa shape index (κ3) is 2.40. The highest BCUT2D eigenvalue weighted by Crippen LogP contribution is 2.24. The second kappa shape index (κ2) is 5.17. The maximum absolute atomic E-state index is 5.32. The van der Waals surface area contributed by atoms with Crippen LogP contribution in [0.4, 0.5) is 0 Å². The molecule has 0 aliphatic heterocycles. The molecule has 0 saturated carbocycles. The molecule has 0 bridgehead atoms. The molecule has 1 aromatic heterocycles. The molecule has 0 aliphatic carbocycles. The molecule has 0 unspecified atom stereocenters. The van der Waals surface area contributed by atoms with Gasteiger partial charge in [0.2, 0.25) is 5.82 Å². The summed E-state index contributed by atoms with van der Waals surface area (Å²) in [6.07, 6.45) is 0. The van der Waals surface area contributed by atoms with Crippen molar-refractivity contribution in [1.82, 2.24) is 10.1 Å². The van der Waals surface area contributed by atoms with Crippen molar-refractivity contribution in [2.45, 2.75) is 6.92 Å². The highest BCUT2D eigenvalue weighted by molar-refractivity contribution is 5.61. The standard InChI is InChI=1S/C16H14N2O2/c1-11-6-8-12(9-7-11)16-17-15(18-20-16)13-4-3-5-14(10-13)19-2/h3-10H,1-2H3. The van der Waals surface area contributed by atoms with E-state index in [9.17, 15) is 0 Å². The Labute approximate surface area is 117 Å². The summed E-state index contributed by atoms with van der Waals surface area (Å²) in [5, 5.41) is 4.02. The first kappa shape index (κ1) is 12.4. The van der Waals surface area contributed by atoms with Crippen LogP contribution in [0, 0.1) is 6.92 Å². The van der Waals surface area contributed by atoms with E-state index in [1.165, 1.54) is 5.56 Å². The molecule has 100 valence electrons. The summed E-state index contributed by atoms with van der Waals surface area (Å²) >= 11 is 0. The smallest absolute Gasteiger partial charge is 0.258 e. The maximum Gasteiger partial charge on any atom is 0.258 e. The molecule has 0 radical (unpaired) electrons. The zero-order valence-corrected chi connectivity index (χ0v) is 11.3. The summed E-state index contributed by atoms with van der Waals surface area (Å²) in [5.74, 6) is 1.84. The van der Waals surface area contributed by atoms with Crippen LogP contribution in [0.3, 0.4) is 0 Å². The third-order valence-electron chi connectivity index (χ3n) is 3.05. The van der Waals surface area contributed by atoms with E-state index in [4.69, 9.17) is 9.26 Å². The van der Waals surface area contributed by atoms with Gasteiger partial charge in [-0.05, 0) is 31.2 Å². The lowest BCUT2D eigenvalue weighted by atomic mass is 10.1. The average molecular weight is 266 g/mol. The summed E-state index contributed by atoms with van der Waals surface area (Å²) in [6, 6.07) is 15.6. The highest BCUT2D eigenvalue weighted by atomic mass is 16.5. The van der Waals surface area contributed by atoms with Crippen molar-refractivity contribution < 1.29 is 9.26 Å². The fourth-order valence-electron chi connectivity index (χ4n) is 1.92. The van der Waals surface area contributed by atoms with Gasteiger partial charge in [0, 0.05) is 11.1 Å². The van der Waals surface area contributed by atoms with E-state index in [0.717, 1.165) is 16.9 Å². The fraction of sp³-hybridized carbons (Fsp3) is 0.125. The van der Waals surface area contributed by atoms with Gasteiger partial charge in [0.15, 0.2) is 0 Å². The Bertz CT molecular complexity index is 717. The SMILES string of the molecule is COc1cccc(-c2noc(-c3ccc(C)cc3)n2)c1. The third-order valence-corrected chi connectivity index (χ3v) is 3.05. The number of ether oxygens (including phenoxy) is 1. The lowest BCUT2D eigenvalue weighted by Gasteiger charge is -1.99. The Kier molecular flexibility index (Phi) is 3.21. The number of methoxy groups -OCH3 is 1. The summed E-state index contributed by atoms with van der Waals surface area (Å²) in [6.45, 7) is 2.04. The van der Waals surface area contributed by atoms with Crippen molar-refractivity contribution in [3.8, 4) is 28.6 Å². The molecular formula is C16H14N2O2. The number of nitrogens with zero attached hydrogens (tertiary/aromatic N) is 2. The Balaban J connectivity index is 1.95. The highest BCUT2D eigenvalue weighted by Gasteiger charge is 2.10. The first-order chi connectivity index (χ1) is 9.76. The molecule has 20 heavy (non-hydrogen) atoms. The van der Waals surface area contributed by atoms with E-state index in [-0.39, 0.29) is 0 Å². The number of benzene rings is 2. The minimum absolute atomic E-state index is 0.516. The first-order valence-corrected chi connectivity index (χ1v) is 6.31. The van der Waals surface area contributed by atoms with Crippen molar-refractivity contribution in [3.05, 3.63) is 54.1 Å². The van der Waals surface area contributed by atoms with Crippen molar-refractivity contribution in [2.24, 2.45) is 0 Å². The summed E-state index contributed by atoms with van der Waals surface area (Å²) in [5.41, 5.74) is 2.98. The Morgan fingerprint density at radius 2 is 1.80 bits per heavy atom. The quantitative estimate of drug-likeness (QED) is 0.725. The van der Waals surface area contributed by atoms with Crippen LogP contribution in [-0.4, -0.2) is 17.3 Å². The average Bonchev–Trinajstić information content (AvgIpc) is 2.98. The summed E-state index contributed by atoms with van der Waals surface area (Å²) < 4.78 is 10.5. The normalized spacial score (nSPS) is 10.5. The van der Waals surface area contributed by atoms with Gasteiger partial charge in [0.05, 0.1) is 7.11 Å². The summed E-state index contributed by atoms with van der Waals surface area (Å²) in [7, 11) is 1.63. The topological polar surface area (TPSA) is 48.2 Å². The summed E-state index contributed by atoms with van der Waals surface area (Å²) in [4.78, 5) is 4.42. The second-order valence-corrected chi connectivity index (χ2v) is 4.52. The van der Waals surface area contributed by atoms with E-state index >= 15 is 0 Å². The lowest BCUT2D eigenvalue weighted by molar-refractivity contribution is 0.414. The minimum atomic E-state index is 0.516. The van der Waals surface area contributed by atoms with Gasteiger partial charge in [0.1, 0.15) is 5.75 Å². The molecule has 0 amide bonds. The number of hydrogen-bond acceptors (Lipinski definition) is 4. The molecule has 1 heterocycles. The van der Waals surface area contributed by atoms with Gasteiger partial charge in [-0.3, -0.25) is 0 Å². The van der Waals surface area contributed by atoms with Gasteiger partial charge in [-0.15, -0.1) is 0 Å². The molecule has 4 nitrogen and oxygen atoms in total. The van der Waals surface area contributed by atoms with Gasteiger partial charge >= 0.3 is 0 Å². The molecule has 0 fully saturated rings. The van der Waals surface area contributed by atoms with Crippen LogP contribution in [0.1, 0.15) is 5.56 Å². The predicted molar refractivity (Wildman–Crippen MR) is 76.5 cm³/mol. The van der Waals surface area contributed by atoms with Crippen molar-refractivity contribution >= 4 is 0 Å². The molecule has 0 atom stereocenters. The van der Waals surface area contributed by atoms with Gasteiger partial charge in [0.25, 0.3) is 5.89 Å². The van der Waals surface area contributed by atoms with Crippen molar-refractivity contribution in [2.75, 3.05) is 7.11 Å². The van der Waals surface area contributed by atoms with Crippen molar-refractivity contribution in [1.29, 1.82) is 0 Å². The number of rotatable bonds is 3. The first-order valence-electron chi connectivity index (χ1n) is 6.31. The van der Waals surface area contributed by atoms with E-state index in [1.807, 2.05) is 55.5 Å². The van der Waals surface area contributed by atoms with E-state index in [2.05, 4.69) is 10.1 Å². The van der Waals surface area contributed by atoms with Crippen molar-refractivity contribution in [3.63, 3.8) is 0 Å². The van der Waals surface area contributed by atoms with E-state index in [1.54, 1.807) is 7.11 Å². The number of aryl methyl sites for hydroxylation is 1. The molecule has 4 heteroatoms. The minimum Gasteiger partial charge on any atom is -0.497 e.